The largest absolute Gasteiger partial charge is 0.383 e. The Bertz CT molecular complexity index is 749. The van der Waals surface area contributed by atoms with Gasteiger partial charge in [0.05, 0.1) is 5.52 Å². The first-order valence-corrected chi connectivity index (χ1v) is 7.38. The van der Waals surface area contributed by atoms with E-state index in [4.69, 9.17) is 5.73 Å². The Labute approximate surface area is 130 Å². The first-order valence-electron chi connectivity index (χ1n) is 6.59. The molecule has 0 amide bonds. The minimum Gasteiger partial charge on any atom is -0.383 e. The Morgan fingerprint density at radius 3 is 2.86 bits per heavy atom. The molecule has 1 aromatic carbocycles. The molecule has 6 heteroatoms. The van der Waals surface area contributed by atoms with E-state index in [0.717, 1.165) is 17.3 Å². The Hall–Kier alpha value is -2.21. The summed E-state index contributed by atoms with van der Waals surface area (Å²) in [4.78, 5) is 12.8. The zero-order chi connectivity index (χ0) is 14.7. The molecule has 0 aliphatic rings. The van der Waals surface area contributed by atoms with Gasteiger partial charge in [0.1, 0.15) is 10.4 Å². The number of fused-ring (bicyclic) bond motifs is 1. The quantitative estimate of drug-likeness (QED) is 0.712. The molecule has 5 nitrogen and oxygen atoms in total. The molecule has 106 valence electrons. The molecule has 2 heterocycles. The molecule has 0 unspecified atom stereocenters. The summed E-state index contributed by atoms with van der Waals surface area (Å²) in [5, 5.41) is 4.33. The van der Waals surface area contributed by atoms with Crippen molar-refractivity contribution in [2.45, 2.75) is 6.42 Å². The smallest absolute Gasteiger partial charge is 0.225 e. The van der Waals surface area contributed by atoms with Gasteiger partial charge in [-0.25, -0.2) is 4.98 Å². The van der Waals surface area contributed by atoms with Crippen LogP contribution >= 0.6 is 15.9 Å². The monoisotopic (exact) mass is 343 g/mol. The average molecular weight is 344 g/mol. The van der Waals surface area contributed by atoms with Crippen LogP contribution in [0.15, 0.2) is 47.2 Å². The summed E-state index contributed by atoms with van der Waals surface area (Å²) in [6.45, 7) is 0.714. The zero-order valence-corrected chi connectivity index (χ0v) is 12.8. The van der Waals surface area contributed by atoms with Crippen LogP contribution in [0.1, 0.15) is 5.56 Å². The number of hydrogen-bond acceptors (Lipinski definition) is 5. The highest BCUT2D eigenvalue weighted by atomic mass is 79.9. The van der Waals surface area contributed by atoms with Gasteiger partial charge in [0.15, 0.2) is 0 Å². The van der Waals surface area contributed by atoms with Gasteiger partial charge in [-0.05, 0) is 34.0 Å². The number of nitrogens with two attached hydrogens (primary N) is 1. The zero-order valence-electron chi connectivity index (χ0n) is 11.3. The fourth-order valence-electron chi connectivity index (χ4n) is 2.19. The molecular formula is C15H14BrN5. The highest BCUT2D eigenvalue weighted by molar-refractivity contribution is 9.10. The maximum atomic E-state index is 5.69. The molecule has 21 heavy (non-hydrogen) atoms. The molecule has 3 N–H and O–H groups in total. The highest BCUT2D eigenvalue weighted by Gasteiger charge is 2.03. The molecular weight excluding hydrogens is 330 g/mol. The molecule has 0 fully saturated rings. The van der Waals surface area contributed by atoms with Crippen molar-refractivity contribution >= 4 is 38.6 Å². The number of nitrogens with zero attached hydrogens (tertiary/aromatic N) is 3. The molecule has 0 atom stereocenters. The number of rotatable bonds is 4. The maximum absolute atomic E-state index is 5.69. The van der Waals surface area contributed by atoms with Crippen LogP contribution in [0.25, 0.3) is 10.9 Å². The predicted octanol–water partition coefficient (Wildman–Crippen LogP) is 3.02. The van der Waals surface area contributed by atoms with Gasteiger partial charge in [-0.2, -0.15) is 4.98 Å². The van der Waals surface area contributed by atoms with E-state index in [-0.39, 0.29) is 0 Å². The number of halogens is 1. The van der Waals surface area contributed by atoms with E-state index in [9.17, 15) is 0 Å². The molecule has 0 spiro atoms. The Morgan fingerprint density at radius 2 is 2.00 bits per heavy atom. The molecule has 0 bridgehead atoms. The van der Waals surface area contributed by atoms with Gasteiger partial charge < -0.3 is 11.1 Å². The molecule has 2 aromatic heterocycles. The Balaban J connectivity index is 1.72. The fraction of sp³-hybridized carbons (Fsp3) is 0.133. The highest BCUT2D eigenvalue weighted by Crippen LogP contribution is 2.17. The molecule has 0 radical (unpaired) electrons. The van der Waals surface area contributed by atoms with E-state index < -0.39 is 0 Å². The van der Waals surface area contributed by atoms with Gasteiger partial charge >= 0.3 is 0 Å². The van der Waals surface area contributed by atoms with Gasteiger partial charge in [0.25, 0.3) is 0 Å². The SMILES string of the molecule is Nc1cc(Br)nc(NCCc2cccc3cccnc23)n1. The van der Waals surface area contributed by atoms with E-state index in [0.29, 0.717) is 22.9 Å². The first-order chi connectivity index (χ1) is 10.2. The van der Waals surface area contributed by atoms with Gasteiger partial charge in [-0.1, -0.05) is 24.3 Å². The molecule has 3 rings (SSSR count). The lowest BCUT2D eigenvalue weighted by Gasteiger charge is -2.08. The summed E-state index contributed by atoms with van der Waals surface area (Å²) in [6, 6.07) is 11.9. The number of pyridine rings is 1. The first kappa shape index (κ1) is 13.8. The van der Waals surface area contributed by atoms with Crippen molar-refractivity contribution in [2.75, 3.05) is 17.6 Å². The van der Waals surface area contributed by atoms with Gasteiger partial charge in [0.2, 0.25) is 5.95 Å². The maximum Gasteiger partial charge on any atom is 0.225 e. The second kappa shape index (κ2) is 6.05. The van der Waals surface area contributed by atoms with E-state index in [1.165, 1.54) is 5.56 Å². The summed E-state index contributed by atoms with van der Waals surface area (Å²) < 4.78 is 0.671. The van der Waals surface area contributed by atoms with Crippen molar-refractivity contribution < 1.29 is 0 Å². The summed E-state index contributed by atoms with van der Waals surface area (Å²) in [5.74, 6) is 0.960. The van der Waals surface area contributed by atoms with Gasteiger partial charge in [-0.3, -0.25) is 4.98 Å². The average Bonchev–Trinajstić information content (AvgIpc) is 2.46. The van der Waals surface area contributed by atoms with Crippen LogP contribution in [0.3, 0.4) is 0 Å². The van der Waals surface area contributed by atoms with Crippen molar-refractivity contribution in [3.63, 3.8) is 0 Å². The van der Waals surface area contributed by atoms with Crippen molar-refractivity contribution in [1.29, 1.82) is 0 Å². The van der Waals surface area contributed by atoms with Crippen LogP contribution in [0.4, 0.5) is 11.8 Å². The summed E-state index contributed by atoms with van der Waals surface area (Å²) in [5.41, 5.74) is 7.92. The van der Waals surface area contributed by atoms with Crippen LogP contribution in [0.5, 0.6) is 0 Å². The lowest BCUT2D eigenvalue weighted by Crippen LogP contribution is -2.09. The number of nitrogen functional groups attached to an aromatic ring is 1. The van der Waals surface area contributed by atoms with E-state index in [1.807, 2.05) is 18.3 Å². The van der Waals surface area contributed by atoms with E-state index in [2.05, 4.69) is 54.4 Å². The van der Waals surface area contributed by atoms with Crippen molar-refractivity contribution in [3.8, 4) is 0 Å². The number of aromatic nitrogens is 3. The van der Waals surface area contributed by atoms with Crippen LogP contribution in [0.2, 0.25) is 0 Å². The predicted molar refractivity (Wildman–Crippen MR) is 88.1 cm³/mol. The van der Waals surface area contributed by atoms with Crippen LogP contribution < -0.4 is 11.1 Å². The number of anilines is 2. The minimum absolute atomic E-state index is 0.436. The minimum atomic E-state index is 0.436. The summed E-state index contributed by atoms with van der Waals surface area (Å²) in [6.07, 6.45) is 2.65. The Morgan fingerprint density at radius 1 is 1.14 bits per heavy atom. The number of nitrogens with one attached hydrogen (secondary N) is 1. The third-order valence-electron chi connectivity index (χ3n) is 3.11. The summed E-state index contributed by atoms with van der Waals surface area (Å²) in [7, 11) is 0. The van der Waals surface area contributed by atoms with Gasteiger partial charge in [-0.15, -0.1) is 0 Å². The van der Waals surface area contributed by atoms with E-state index >= 15 is 0 Å². The lowest BCUT2D eigenvalue weighted by atomic mass is 10.1. The third-order valence-corrected chi connectivity index (χ3v) is 3.51. The van der Waals surface area contributed by atoms with E-state index in [1.54, 1.807) is 6.07 Å². The van der Waals surface area contributed by atoms with Crippen LogP contribution in [-0.4, -0.2) is 21.5 Å². The Kier molecular flexibility index (Phi) is 3.96. The molecule has 0 saturated carbocycles. The topological polar surface area (TPSA) is 76.7 Å². The number of benzene rings is 1. The van der Waals surface area contributed by atoms with Crippen molar-refractivity contribution in [2.24, 2.45) is 0 Å². The number of hydrogen-bond donors (Lipinski definition) is 2. The van der Waals surface area contributed by atoms with Crippen LogP contribution in [0, 0.1) is 0 Å². The van der Waals surface area contributed by atoms with Crippen LogP contribution in [-0.2, 0) is 6.42 Å². The normalized spacial score (nSPS) is 10.7. The molecule has 0 aliphatic heterocycles. The standard InChI is InChI=1S/C15H14BrN5/c16-12-9-13(17)21-15(20-12)19-8-6-11-4-1-3-10-5-2-7-18-14(10)11/h1-5,7,9H,6,8H2,(H3,17,19,20,21). The third kappa shape index (κ3) is 3.28. The number of para-hydroxylation sites is 1. The van der Waals surface area contributed by atoms with Gasteiger partial charge in [0, 0.05) is 24.2 Å². The summed E-state index contributed by atoms with van der Waals surface area (Å²) >= 11 is 3.30. The second-order valence-corrected chi connectivity index (χ2v) is 5.42. The molecule has 0 aliphatic carbocycles. The second-order valence-electron chi connectivity index (χ2n) is 4.61. The molecule has 0 saturated heterocycles. The lowest BCUT2D eigenvalue weighted by molar-refractivity contribution is 0.985. The van der Waals surface area contributed by atoms with Crippen molar-refractivity contribution in [1.82, 2.24) is 15.0 Å². The fourth-order valence-corrected chi connectivity index (χ4v) is 2.59. The van der Waals surface area contributed by atoms with Crippen molar-refractivity contribution in [3.05, 3.63) is 52.8 Å². The molecule has 3 aromatic rings.